The number of hydrogen-bond donors (Lipinski definition) is 2. The molecule has 0 atom stereocenters. The van der Waals surface area contributed by atoms with Crippen LogP contribution in [0.3, 0.4) is 0 Å². The summed E-state index contributed by atoms with van der Waals surface area (Å²) in [6, 6.07) is 0. The summed E-state index contributed by atoms with van der Waals surface area (Å²) < 4.78 is 0. The Balaban J connectivity index is 2.99. The van der Waals surface area contributed by atoms with Crippen LogP contribution >= 0.6 is 0 Å². The minimum atomic E-state index is 0.366. The molecule has 19 heavy (non-hydrogen) atoms. The topological polar surface area (TPSA) is 24.1 Å². The predicted octanol–water partition coefficient (Wildman–Crippen LogP) is 5.05. The second-order valence-corrected chi connectivity index (χ2v) is 7.02. The molecular formula is C17H38N2. The quantitative estimate of drug-likeness (QED) is 0.361. The van der Waals surface area contributed by atoms with E-state index in [1.54, 1.807) is 0 Å². The molecule has 0 saturated carbocycles. The van der Waals surface area contributed by atoms with Crippen LogP contribution in [0.5, 0.6) is 0 Å². The number of hydrogen-bond acceptors (Lipinski definition) is 2. The van der Waals surface area contributed by atoms with Crippen LogP contribution in [0.15, 0.2) is 0 Å². The number of hydrazine groups is 1. The highest BCUT2D eigenvalue weighted by Crippen LogP contribution is 2.10. The van der Waals surface area contributed by atoms with Crippen molar-refractivity contribution >= 4 is 0 Å². The fraction of sp³-hybridized carbons (Fsp3) is 1.00. The lowest BCUT2D eigenvalue weighted by Crippen LogP contribution is -2.38. The van der Waals surface area contributed by atoms with Crippen molar-refractivity contribution in [1.29, 1.82) is 0 Å². The summed E-state index contributed by atoms with van der Waals surface area (Å²) in [6.07, 6.45) is 14.1. The molecule has 0 heterocycles. The molecule has 0 aromatic heterocycles. The normalized spacial score (nSPS) is 12.0. The maximum absolute atomic E-state index is 3.32. The number of unbranched alkanes of at least 4 members (excludes halogenated alkanes) is 9. The first-order valence-electron chi connectivity index (χ1n) is 8.52. The lowest BCUT2D eigenvalue weighted by molar-refractivity contribution is 0.347. The summed E-state index contributed by atoms with van der Waals surface area (Å²) >= 11 is 0. The molecular weight excluding hydrogens is 232 g/mol. The first-order chi connectivity index (χ1) is 9.06. The van der Waals surface area contributed by atoms with Crippen molar-refractivity contribution in [2.75, 3.05) is 13.1 Å². The van der Waals surface area contributed by atoms with E-state index >= 15 is 0 Å². The van der Waals surface area contributed by atoms with Gasteiger partial charge in [0.25, 0.3) is 0 Å². The van der Waals surface area contributed by atoms with E-state index in [-0.39, 0.29) is 0 Å². The third-order valence-corrected chi connectivity index (χ3v) is 3.40. The fourth-order valence-electron chi connectivity index (χ4n) is 2.12. The van der Waals surface area contributed by atoms with Crippen molar-refractivity contribution in [3.05, 3.63) is 0 Å². The minimum absolute atomic E-state index is 0.366. The average molecular weight is 271 g/mol. The molecule has 0 aliphatic heterocycles. The standard InChI is InChI=1S/C17H38N2/c1-5-6-7-8-9-10-11-12-13-14-15-18-19-16-17(2,3)4/h18-19H,5-16H2,1-4H3. The average Bonchev–Trinajstić information content (AvgIpc) is 2.34. The van der Waals surface area contributed by atoms with Gasteiger partial charge in [-0.2, -0.15) is 0 Å². The third-order valence-electron chi connectivity index (χ3n) is 3.40. The Labute approximate surface area is 122 Å². The van der Waals surface area contributed by atoms with Crippen LogP contribution in [-0.2, 0) is 0 Å². The molecule has 0 saturated heterocycles. The lowest BCUT2D eigenvalue weighted by atomic mass is 9.97. The zero-order valence-electron chi connectivity index (χ0n) is 14.0. The van der Waals surface area contributed by atoms with Crippen molar-refractivity contribution in [3.8, 4) is 0 Å². The Hall–Kier alpha value is -0.0800. The molecule has 116 valence electrons. The van der Waals surface area contributed by atoms with Gasteiger partial charge in [0, 0.05) is 13.1 Å². The van der Waals surface area contributed by atoms with Crippen LogP contribution in [0.2, 0.25) is 0 Å². The molecule has 0 radical (unpaired) electrons. The second kappa shape index (κ2) is 12.9. The summed E-state index contributed by atoms with van der Waals surface area (Å²) in [5.74, 6) is 0. The zero-order chi connectivity index (χ0) is 14.4. The van der Waals surface area contributed by atoms with Crippen LogP contribution < -0.4 is 10.9 Å². The van der Waals surface area contributed by atoms with Gasteiger partial charge in [-0.05, 0) is 11.8 Å². The fourth-order valence-corrected chi connectivity index (χ4v) is 2.12. The number of nitrogens with one attached hydrogen (secondary N) is 2. The van der Waals surface area contributed by atoms with Gasteiger partial charge in [0.1, 0.15) is 0 Å². The summed E-state index contributed by atoms with van der Waals surface area (Å²) in [5, 5.41) is 0. The van der Waals surface area contributed by atoms with Gasteiger partial charge in [0.2, 0.25) is 0 Å². The minimum Gasteiger partial charge on any atom is -0.258 e. The highest BCUT2D eigenvalue weighted by molar-refractivity contribution is 4.62. The van der Waals surface area contributed by atoms with Crippen LogP contribution in [0.4, 0.5) is 0 Å². The van der Waals surface area contributed by atoms with Gasteiger partial charge in [-0.25, -0.2) is 0 Å². The zero-order valence-corrected chi connectivity index (χ0v) is 14.0. The highest BCUT2D eigenvalue weighted by Gasteiger charge is 2.07. The predicted molar refractivity (Wildman–Crippen MR) is 87.3 cm³/mol. The smallest absolute Gasteiger partial charge is 0.0148 e. The summed E-state index contributed by atoms with van der Waals surface area (Å²) in [7, 11) is 0. The Morgan fingerprint density at radius 2 is 1.11 bits per heavy atom. The van der Waals surface area contributed by atoms with Crippen molar-refractivity contribution in [1.82, 2.24) is 10.9 Å². The van der Waals surface area contributed by atoms with Gasteiger partial charge in [-0.3, -0.25) is 10.9 Å². The molecule has 0 aliphatic carbocycles. The van der Waals surface area contributed by atoms with Gasteiger partial charge >= 0.3 is 0 Å². The highest BCUT2D eigenvalue weighted by atomic mass is 15.3. The molecule has 0 spiro atoms. The Kier molecular flexibility index (Phi) is 12.9. The first-order valence-corrected chi connectivity index (χ1v) is 8.52. The van der Waals surface area contributed by atoms with E-state index in [4.69, 9.17) is 0 Å². The van der Waals surface area contributed by atoms with Crippen LogP contribution in [0.1, 0.15) is 91.9 Å². The monoisotopic (exact) mass is 270 g/mol. The van der Waals surface area contributed by atoms with Crippen molar-refractivity contribution < 1.29 is 0 Å². The van der Waals surface area contributed by atoms with E-state index in [1.807, 2.05) is 0 Å². The van der Waals surface area contributed by atoms with Gasteiger partial charge in [-0.15, -0.1) is 0 Å². The molecule has 0 unspecified atom stereocenters. The largest absolute Gasteiger partial charge is 0.258 e. The van der Waals surface area contributed by atoms with Crippen LogP contribution in [-0.4, -0.2) is 13.1 Å². The van der Waals surface area contributed by atoms with Crippen molar-refractivity contribution in [2.45, 2.75) is 91.9 Å². The van der Waals surface area contributed by atoms with Gasteiger partial charge < -0.3 is 0 Å². The van der Waals surface area contributed by atoms with Crippen LogP contribution in [0, 0.1) is 5.41 Å². The number of rotatable bonds is 13. The molecule has 0 aromatic carbocycles. The van der Waals surface area contributed by atoms with Crippen molar-refractivity contribution in [3.63, 3.8) is 0 Å². The van der Waals surface area contributed by atoms with Gasteiger partial charge in [0.15, 0.2) is 0 Å². The molecule has 0 bridgehead atoms. The summed E-state index contributed by atoms with van der Waals surface area (Å²) in [6.45, 7) is 11.2. The molecule has 2 nitrogen and oxygen atoms in total. The van der Waals surface area contributed by atoms with E-state index in [0.29, 0.717) is 5.41 Å². The molecule has 0 aliphatic rings. The molecule has 2 N–H and O–H groups in total. The maximum Gasteiger partial charge on any atom is 0.0148 e. The maximum atomic E-state index is 3.32. The van der Waals surface area contributed by atoms with Crippen molar-refractivity contribution in [2.24, 2.45) is 5.41 Å². The summed E-state index contributed by atoms with van der Waals surface area (Å²) in [5.41, 5.74) is 6.99. The Morgan fingerprint density at radius 1 is 0.632 bits per heavy atom. The molecule has 0 aromatic rings. The molecule has 0 amide bonds. The van der Waals surface area contributed by atoms with Crippen LogP contribution in [0.25, 0.3) is 0 Å². The van der Waals surface area contributed by atoms with E-state index in [1.165, 1.54) is 64.2 Å². The Morgan fingerprint density at radius 3 is 1.58 bits per heavy atom. The molecule has 0 fully saturated rings. The first kappa shape index (κ1) is 18.9. The second-order valence-electron chi connectivity index (χ2n) is 7.02. The third kappa shape index (κ3) is 17.9. The molecule has 2 heteroatoms. The van der Waals surface area contributed by atoms with E-state index in [2.05, 4.69) is 38.5 Å². The molecule has 0 rings (SSSR count). The van der Waals surface area contributed by atoms with E-state index < -0.39 is 0 Å². The van der Waals surface area contributed by atoms with Gasteiger partial charge in [-0.1, -0.05) is 85.5 Å². The summed E-state index contributed by atoms with van der Waals surface area (Å²) in [4.78, 5) is 0. The van der Waals surface area contributed by atoms with E-state index in [9.17, 15) is 0 Å². The lowest BCUT2D eigenvalue weighted by Gasteiger charge is -2.19. The SMILES string of the molecule is CCCCCCCCCCCCNNCC(C)(C)C. The van der Waals surface area contributed by atoms with E-state index in [0.717, 1.165) is 13.1 Å². The van der Waals surface area contributed by atoms with Gasteiger partial charge in [0.05, 0.1) is 0 Å². The Bertz CT molecular complexity index is 173.